The van der Waals surface area contributed by atoms with Gasteiger partial charge >= 0.3 is 0 Å². The third kappa shape index (κ3) is 5.73. The van der Waals surface area contributed by atoms with E-state index >= 15 is 0 Å². The zero-order valence-corrected chi connectivity index (χ0v) is 23.8. The van der Waals surface area contributed by atoms with Crippen molar-refractivity contribution in [2.24, 2.45) is 5.41 Å². The average molecular weight is 605 g/mol. The maximum Gasteiger partial charge on any atom is 0.252 e. The Morgan fingerprint density at radius 2 is 1.88 bits per heavy atom. The molecule has 2 heterocycles. The van der Waals surface area contributed by atoms with Crippen LogP contribution in [0.5, 0.6) is 0 Å². The van der Waals surface area contributed by atoms with Gasteiger partial charge in [-0.3, -0.25) is 24.2 Å². The first-order chi connectivity index (χ1) is 20.5. The van der Waals surface area contributed by atoms with E-state index in [2.05, 4.69) is 10.3 Å². The third-order valence-electron chi connectivity index (χ3n) is 8.08. The highest BCUT2D eigenvalue weighted by Crippen LogP contribution is 2.43. The molecule has 0 spiro atoms. The minimum Gasteiger partial charge on any atom is -0.351 e. The van der Waals surface area contributed by atoms with Crippen LogP contribution < -0.4 is 15.1 Å². The third-order valence-corrected chi connectivity index (χ3v) is 8.70. The number of pyridine rings is 1. The Morgan fingerprint density at radius 1 is 1.16 bits per heavy atom. The molecule has 3 aliphatic rings. The van der Waals surface area contributed by atoms with E-state index in [9.17, 15) is 33.7 Å². The van der Waals surface area contributed by atoms with Gasteiger partial charge in [0.1, 0.15) is 17.9 Å². The number of nitrogens with one attached hydrogen (secondary N) is 1. The highest BCUT2D eigenvalue weighted by atomic mass is 35.5. The fourth-order valence-electron chi connectivity index (χ4n) is 5.80. The second kappa shape index (κ2) is 11.6. The minimum atomic E-state index is -2.90. The van der Waals surface area contributed by atoms with Crippen molar-refractivity contribution in [3.8, 4) is 12.1 Å². The molecule has 0 bridgehead atoms. The molecule has 1 N–H and O–H groups in total. The summed E-state index contributed by atoms with van der Waals surface area (Å²) in [4.78, 5) is 48.6. The number of nitrogens with zero attached hydrogens (tertiary/aromatic N) is 5. The number of benzene rings is 1. The van der Waals surface area contributed by atoms with Crippen LogP contribution in [-0.2, 0) is 14.4 Å². The summed E-state index contributed by atoms with van der Waals surface area (Å²) in [5, 5.41) is 20.9. The predicted octanol–water partition coefficient (Wildman–Crippen LogP) is 4.38. The zero-order chi connectivity index (χ0) is 30.9. The lowest BCUT2D eigenvalue weighted by Gasteiger charge is -2.46. The van der Waals surface area contributed by atoms with E-state index in [-0.39, 0.29) is 35.5 Å². The summed E-state index contributed by atoms with van der Waals surface area (Å²) in [6.07, 6.45) is 7.13. The molecule has 1 saturated carbocycles. The molecular weight excluding hydrogens is 578 g/mol. The van der Waals surface area contributed by atoms with Gasteiger partial charge in [0.05, 0.1) is 28.6 Å². The lowest BCUT2D eigenvalue weighted by Crippen LogP contribution is -2.64. The number of anilines is 2. The molecule has 43 heavy (non-hydrogen) atoms. The maximum absolute atomic E-state index is 14.7. The zero-order valence-electron chi connectivity index (χ0n) is 23.1. The summed E-state index contributed by atoms with van der Waals surface area (Å²) < 4.78 is 27.4. The van der Waals surface area contributed by atoms with Gasteiger partial charge in [-0.25, -0.2) is 13.8 Å². The second-order valence-electron chi connectivity index (χ2n) is 11.1. The largest absolute Gasteiger partial charge is 0.351 e. The number of nitriles is 2. The van der Waals surface area contributed by atoms with Crippen molar-refractivity contribution in [3.05, 3.63) is 78.0 Å². The number of hydrogen-bond donors (Lipinski definition) is 1. The van der Waals surface area contributed by atoms with Crippen molar-refractivity contribution >= 4 is 40.8 Å². The van der Waals surface area contributed by atoms with Gasteiger partial charge in [0.25, 0.3) is 11.8 Å². The molecule has 1 saturated heterocycles. The summed E-state index contributed by atoms with van der Waals surface area (Å²) in [7, 11) is 0. The van der Waals surface area contributed by atoms with Gasteiger partial charge in [-0.05, 0) is 36.8 Å². The number of carbonyl (C=O) groups is 3. The Bertz CT molecular complexity index is 1610. The molecular formula is C31H27ClF2N6O3. The highest BCUT2D eigenvalue weighted by Gasteiger charge is 2.53. The molecule has 0 radical (unpaired) electrons. The number of allylic oxidation sites excluding steroid dienone is 3. The van der Waals surface area contributed by atoms with Crippen LogP contribution >= 0.6 is 11.6 Å². The summed E-state index contributed by atoms with van der Waals surface area (Å²) in [6.45, 7) is 1.69. The average Bonchev–Trinajstić information content (AvgIpc) is 3.37. The summed E-state index contributed by atoms with van der Waals surface area (Å²) >= 11 is 6.79. The molecule has 4 atom stereocenters. The van der Waals surface area contributed by atoms with Crippen LogP contribution in [0.3, 0.4) is 0 Å². The lowest BCUT2D eigenvalue weighted by atomic mass is 9.74. The second-order valence-corrected chi connectivity index (χ2v) is 11.6. The molecule has 2 aromatic rings. The fourth-order valence-corrected chi connectivity index (χ4v) is 6.08. The van der Waals surface area contributed by atoms with Crippen molar-refractivity contribution in [2.45, 2.75) is 62.0 Å². The van der Waals surface area contributed by atoms with Gasteiger partial charge in [-0.15, -0.1) is 11.6 Å². The molecule has 1 aliphatic heterocycles. The normalized spacial score (nSPS) is 24.9. The van der Waals surface area contributed by atoms with E-state index in [0.717, 1.165) is 0 Å². The molecule has 220 valence electrons. The van der Waals surface area contributed by atoms with Crippen LogP contribution in [0.25, 0.3) is 0 Å². The van der Waals surface area contributed by atoms with Crippen molar-refractivity contribution in [3.63, 3.8) is 0 Å². The lowest BCUT2D eigenvalue weighted by molar-refractivity contribution is -0.134. The molecule has 3 amide bonds. The first kappa shape index (κ1) is 29.9. The minimum absolute atomic E-state index is 0.00695. The van der Waals surface area contributed by atoms with Gasteiger partial charge in [0.15, 0.2) is 0 Å². The van der Waals surface area contributed by atoms with Crippen LogP contribution in [0.4, 0.5) is 20.3 Å². The van der Waals surface area contributed by atoms with Crippen molar-refractivity contribution in [1.82, 2.24) is 10.3 Å². The van der Waals surface area contributed by atoms with Gasteiger partial charge in [-0.2, -0.15) is 10.5 Å². The first-order valence-corrected chi connectivity index (χ1v) is 14.1. The molecule has 9 nitrogen and oxygen atoms in total. The van der Waals surface area contributed by atoms with Crippen molar-refractivity contribution < 1.29 is 23.2 Å². The number of halogens is 3. The highest BCUT2D eigenvalue weighted by molar-refractivity contribution is 6.23. The topological polar surface area (TPSA) is 130 Å². The number of carbonyl (C=O) groups excluding carboxylic acids is 3. The van der Waals surface area contributed by atoms with Crippen LogP contribution in [0.15, 0.2) is 66.9 Å². The van der Waals surface area contributed by atoms with Crippen LogP contribution in [0, 0.1) is 28.1 Å². The Morgan fingerprint density at radius 3 is 2.56 bits per heavy atom. The Hall–Kier alpha value is -4.61. The van der Waals surface area contributed by atoms with Gasteiger partial charge < -0.3 is 5.32 Å². The van der Waals surface area contributed by atoms with Gasteiger partial charge in [0, 0.05) is 42.6 Å². The summed E-state index contributed by atoms with van der Waals surface area (Å²) in [6, 6.07) is 9.68. The molecule has 2 fully saturated rings. The number of alkyl halides is 3. The first-order valence-electron chi connectivity index (χ1n) is 13.7. The molecule has 12 heteroatoms. The Labute approximate surface area is 252 Å². The quantitative estimate of drug-likeness (QED) is 0.467. The number of amides is 3. The van der Waals surface area contributed by atoms with Gasteiger partial charge in [-0.1, -0.05) is 37.3 Å². The van der Waals surface area contributed by atoms with E-state index in [4.69, 9.17) is 11.6 Å². The Kier molecular flexibility index (Phi) is 8.04. The molecule has 1 aromatic heterocycles. The molecule has 2 aliphatic carbocycles. The van der Waals surface area contributed by atoms with E-state index in [0.29, 0.717) is 0 Å². The predicted molar refractivity (Wildman–Crippen MR) is 154 cm³/mol. The summed E-state index contributed by atoms with van der Waals surface area (Å²) in [5.74, 6) is -4.55. The van der Waals surface area contributed by atoms with E-state index < -0.39 is 65.4 Å². The molecule has 1 aromatic carbocycles. The van der Waals surface area contributed by atoms with Gasteiger partial charge in [0.2, 0.25) is 11.8 Å². The molecule has 5 rings (SSSR count). The standard InChI is InChI=1S/C31H27ClF2N6O3/c1-30(11-3-2-7-24(30)32)27(28(42)38-21-15-31(33,34)16-21)39(22-6-4-5-19(13-22)17-35)29(43)23-8-9-26(41)40(23)25-14-20(18-36)10-12-37-25/h2-7,10-14,21,23-24,27H,8-9,15-16H2,1H3,(H,38,42)/t23-,24?,27+,30?/m0/s1. The van der Waals surface area contributed by atoms with Crippen molar-refractivity contribution in [2.75, 3.05) is 9.80 Å². The van der Waals surface area contributed by atoms with E-state index in [1.807, 2.05) is 12.1 Å². The van der Waals surface area contributed by atoms with Crippen LogP contribution in [-0.4, -0.2) is 52.1 Å². The monoisotopic (exact) mass is 604 g/mol. The summed E-state index contributed by atoms with van der Waals surface area (Å²) in [5.41, 5.74) is -0.602. The molecule has 2 unspecified atom stereocenters. The smallest absolute Gasteiger partial charge is 0.252 e. The Balaban J connectivity index is 1.63. The van der Waals surface area contributed by atoms with Crippen LogP contribution in [0.1, 0.15) is 43.7 Å². The van der Waals surface area contributed by atoms with Crippen molar-refractivity contribution in [1.29, 1.82) is 10.5 Å². The maximum atomic E-state index is 14.7. The van der Waals surface area contributed by atoms with E-state index in [1.165, 1.54) is 40.3 Å². The van der Waals surface area contributed by atoms with Crippen LogP contribution in [0.2, 0.25) is 0 Å². The fraction of sp³-hybridized carbons (Fsp3) is 0.355. The van der Waals surface area contributed by atoms with E-state index in [1.54, 1.807) is 43.4 Å². The number of aromatic nitrogens is 1. The number of rotatable bonds is 7. The SMILES string of the molecule is CC1([C@@H](C(=O)NC2CC(F)(F)C2)N(C(=O)[C@@H]2CCC(=O)N2c2cc(C#N)ccn2)c2cccc(C#N)c2)C=CC=CC1Cl. The number of hydrogen-bond acceptors (Lipinski definition) is 6.